The molecule has 4 aromatic rings. The van der Waals surface area contributed by atoms with Crippen LogP contribution in [0.4, 0.5) is 5.69 Å². The largest absolute Gasteiger partial charge is 0.488 e. The van der Waals surface area contributed by atoms with Gasteiger partial charge in [0.25, 0.3) is 0 Å². The summed E-state index contributed by atoms with van der Waals surface area (Å²) in [5.74, 6) is 0.745. The molecule has 32 heavy (non-hydrogen) atoms. The molecule has 5 nitrogen and oxygen atoms in total. The maximum absolute atomic E-state index is 11.7. The van der Waals surface area contributed by atoms with Crippen molar-refractivity contribution in [3.63, 3.8) is 0 Å². The topological polar surface area (TPSA) is 68.1 Å². The van der Waals surface area contributed by atoms with Crippen LogP contribution in [0.5, 0.6) is 17.2 Å². The van der Waals surface area contributed by atoms with Gasteiger partial charge in [0.05, 0.1) is 5.69 Å². The van der Waals surface area contributed by atoms with Crippen molar-refractivity contribution in [2.24, 2.45) is 4.99 Å². The molecule has 4 aromatic carbocycles. The summed E-state index contributed by atoms with van der Waals surface area (Å²) >= 11 is 0. The highest BCUT2D eigenvalue weighted by Gasteiger charge is 2.12. The van der Waals surface area contributed by atoms with Crippen molar-refractivity contribution in [2.45, 2.75) is 6.61 Å². The summed E-state index contributed by atoms with van der Waals surface area (Å²) in [7, 11) is 0. The molecule has 0 aliphatic heterocycles. The molecule has 0 aliphatic rings. The third-order valence-corrected chi connectivity index (χ3v) is 4.65. The number of rotatable bonds is 8. The Bertz CT molecular complexity index is 1200. The smallest absolute Gasteiger partial charge is 0.339 e. The molecule has 0 amide bonds. The number of benzene rings is 4. The van der Waals surface area contributed by atoms with Crippen LogP contribution in [-0.4, -0.2) is 17.3 Å². The number of carboxylic acids is 1. The predicted octanol–water partition coefficient (Wildman–Crippen LogP) is 6.51. The number of nitrogens with zero attached hydrogens (tertiary/aromatic N) is 1. The van der Waals surface area contributed by atoms with Crippen molar-refractivity contribution in [1.29, 1.82) is 0 Å². The van der Waals surface area contributed by atoms with E-state index in [1.807, 2.05) is 84.9 Å². The molecular formula is C27H21NO4. The lowest BCUT2D eigenvalue weighted by Crippen LogP contribution is -2.04. The SMILES string of the molecule is O=C(O)c1cc(C=Nc2ccc(Oc3ccccc3)cc2)ccc1OCc1ccccc1. The second-order valence-corrected chi connectivity index (χ2v) is 7.00. The van der Waals surface area contributed by atoms with E-state index in [2.05, 4.69) is 4.99 Å². The Morgan fingerprint density at radius 1 is 0.812 bits per heavy atom. The molecule has 0 atom stereocenters. The molecule has 4 rings (SSSR count). The highest BCUT2D eigenvalue weighted by atomic mass is 16.5. The minimum absolute atomic E-state index is 0.0940. The van der Waals surface area contributed by atoms with E-state index in [9.17, 15) is 9.90 Å². The molecule has 0 saturated carbocycles. The van der Waals surface area contributed by atoms with Crippen molar-refractivity contribution < 1.29 is 19.4 Å². The van der Waals surface area contributed by atoms with Crippen molar-refractivity contribution in [2.75, 3.05) is 0 Å². The molecule has 0 bridgehead atoms. The van der Waals surface area contributed by atoms with Gasteiger partial charge < -0.3 is 14.6 Å². The summed E-state index contributed by atoms with van der Waals surface area (Å²) in [6.07, 6.45) is 1.63. The first kappa shape index (κ1) is 20.9. The summed E-state index contributed by atoms with van der Waals surface area (Å²) in [5.41, 5.74) is 2.46. The molecule has 0 aromatic heterocycles. The molecule has 0 saturated heterocycles. The van der Waals surface area contributed by atoms with Gasteiger partial charge in [-0.1, -0.05) is 48.5 Å². The number of aliphatic imine (C=N–C) groups is 1. The maximum Gasteiger partial charge on any atom is 0.339 e. The number of para-hydroxylation sites is 1. The number of carboxylic acid groups (broad SMARTS) is 1. The maximum atomic E-state index is 11.7. The summed E-state index contributed by atoms with van der Waals surface area (Å²) in [4.78, 5) is 16.1. The van der Waals surface area contributed by atoms with Crippen molar-refractivity contribution in [3.05, 3.63) is 120 Å². The van der Waals surface area contributed by atoms with Gasteiger partial charge in [-0.3, -0.25) is 4.99 Å². The molecule has 0 radical (unpaired) electrons. The fourth-order valence-corrected chi connectivity index (χ4v) is 3.03. The lowest BCUT2D eigenvalue weighted by molar-refractivity contribution is 0.0691. The van der Waals surface area contributed by atoms with E-state index < -0.39 is 5.97 Å². The summed E-state index contributed by atoms with van der Waals surface area (Å²) in [6, 6.07) is 31.5. The molecule has 0 heterocycles. The molecule has 0 unspecified atom stereocenters. The minimum Gasteiger partial charge on any atom is -0.488 e. The summed E-state index contributed by atoms with van der Waals surface area (Å²) in [6.45, 7) is 0.298. The Morgan fingerprint density at radius 3 is 2.16 bits per heavy atom. The van der Waals surface area contributed by atoms with E-state index in [0.29, 0.717) is 23.7 Å². The fourth-order valence-electron chi connectivity index (χ4n) is 3.03. The lowest BCUT2D eigenvalue weighted by Gasteiger charge is -2.10. The van der Waals surface area contributed by atoms with Crippen molar-refractivity contribution in [3.8, 4) is 17.2 Å². The normalized spacial score (nSPS) is 10.8. The zero-order valence-corrected chi connectivity index (χ0v) is 17.2. The monoisotopic (exact) mass is 423 g/mol. The molecule has 1 N–H and O–H groups in total. The van der Waals surface area contributed by atoms with Gasteiger partial charge in [-0.2, -0.15) is 0 Å². The Morgan fingerprint density at radius 2 is 1.47 bits per heavy atom. The molecule has 0 aliphatic carbocycles. The highest BCUT2D eigenvalue weighted by Crippen LogP contribution is 2.25. The quantitative estimate of drug-likeness (QED) is 0.328. The minimum atomic E-state index is -1.05. The molecule has 0 fully saturated rings. The van der Waals surface area contributed by atoms with Crippen LogP contribution in [-0.2, 0) is 6.61 Å². The van der Waals surface area contributed by atoms with Crippen LogP contribution in [0.1, 0.15) is 21.5 Å². The van der Waals surface area contributed by atoms with Crippen LogP contribution >= 0.6 is 0 Å². The molecule has 0 spiro atoms. The zero-order valence-electron chi connectivity index (χ0n) is 17.2. The first-order chi connectivity index (χ1) is 15.7. The van der Waals surface area contributed by atoms with Gasteiger partial charge in [-0.05, 0) is 65.7 Å². The second kappa shape index (κ2) is 10.1. The molecule has 5 heteroatoms. The number of aromatic carboxylic acids is 1. The Balaban J connectivity index is 1.44. The fraction of sp³-hybridized carbons (Fsp3) is 0.0370. The van der Waals surface area contributed by atoms with Crippen molar-refractivity contribution >= 4 is 17.9 Å². The average Bonchev–Trinajstić information content (AvgIpc) is 2.84. The van der Waals surface area contributed by atoms with E-state index in [4.69, 9.17) is 9.47 Å². The van der Waals surface area contributed by atoms with E-state index in [-0.39, 0.29) is 5.56 Å². The lowest BCUT2D eigenvalue weighted by atomic mass is 10.1. The van der Waals surface area contributed by atoms with Gasteiger partial charge in [-0.15, -0.1) is 0 Å². The number of carbonyl (C=O) groups is 1. The number of hydrogen-bond donors (Lipinski definition) is 1. The van der Waals surface area contributed by atoms with Gasteiger partial charge in [0, 0.05) is 6.21 Å². The van der Waals surface area contributed by atoms with Crippen LogP contribution in [0.3, 0.4) is 0 Å². The van der Waals surface area contributed by atoms with E-state index >= 15 is 0 Å². The zero-order chi connectivity index (χ0) is 22.2. The number of hydrogen-bond acceptors (Lipinski definition) is 4. The predicted molar refractivity (Wildman–Crippen MR) is 124 cm³/mol. The van der Waals surface area contributed by atoms with Crippen LogP contribution in [0, 0.1) is 0 Å². The van der Waals surface area contributed by atoms with Gasteiger partial charge in [0.1, 0.15) is 29.4 Å². The Kier molecular flexibility index (Phi) is 6.58. The van der Waals surface area contributed by atoms with Gasteiger partial charge in [0.2, 0.25) is 0 Å². The Hall–Kier alpha value is -4.38. The standard InChI is InChI=1S/C27H21NO4/c29-27(30)25-17-21(11-16-26(25)31-19-20-7-3-1-4-8-20)18-28-22-12-14-24(15-13-22)32-23-9-5-2-6-10-23/h1-18H,19H2,(H,29,30). The van der Waals surface area contributed by atoms with E-state index in [1.165, 1.54) is 0 Å². The van der Waals surface area contributed by atoms with Gasteiger partial charge >= 0.3 is 5.97 Å². The van der Waals surface area contributed by atoms with Crippen LogP contribution in [0.25, 0.3) is 0 Å². The van der Waals surface area contributed by atoms with Crippen molar-refractivity contribution in [1.82, 2.24) is 0 Å². The Labute approximate surface area is 186 Å². The summed E-state index contributed by atoms with van der Waals surface area (Å²) < 4.78 is 11.5. The third kappa shape index (κ3) is 5.61. The van der Waals surface area contributed by atoms with E-state index in [1.54, 1.807) is 24.4 Å². The van der Waals surface area contributed by atoms with Gasteiger partial charge in [-0.25, -0.2) is 4.79 Å². The summed E-state index contributed by atoms with van der Waals surface area (Å²) in [5, 5.41) is 9.59. The number of ether oxygens (including phenoxy) is 2. The second-order valence-electron chi connectivity index (χ2n) is 7.00. The van der Waals surface area contributed by atoms with Crippen LogP contribution in [0.15, 0.2) is 108 Å². The first-order valence-electron chi connectivity index (χ1n) is 10.1. The third-order valence-electron chi connectivity index (χ3n) is 4.65. The van der Waals surface area contributed by atoms with E-state index in [0.717, 1.165) is 17.0 Å². The van der Waals surface area contributed by atoms with Crippen LogP contribution in [0.2, 0.25) is 0 Å². The molecule has 158 valence electrons. The highest BCUT2D eigenvalue weighted by molar-refractivity contribution is 5.94. The molecular weight excluding hydrogens is 402 g/mol. The van der Waals surface area contributed by atoms with Crippen LogP contribution < -0.4 is 9.47 Å². The van der Waals surface area contributed by atoms with Gasteiger partial charge in [0.15, 0.2) is 0 Å². The first-order valence-corrected chi connectivity index (χ1v) is 10.1. The average molecular weight is 423 g/mol.